The van der Waals surface area contributed by atoms with Crippen molar-refractivity contribution in [3.63, 3.8) is 0 Å². The van der Waals surface area contributed by atoms with E-state index in [1.807, 2.05) is 18.7 Å². The molecule has 17 heavy (non-hydrogen) atoms. The molecular formula is C15H20OS. The van der Waals surface area contributed by atoms with E-state index in [2.05, 4.69) is 45.9 Å². The molecule has 0 spiro atoms. The molecule has 0 fully saturated rings. The summed E-state index contributed by atoms with van der Waals surface area (Å²) < 4.78 is 0. The molecule has 0 radical (unpaired) electrons. The van der Waals surface area contributed by atoms with Crippen molar-refractivity contribution in [1.82, 2.24) is 0 Å². The maximum absolute atomic E-state index is 12.3. The van der Waals surface area contributed by atoms with E-state index in [0.717, 1.165) is 10.5 Å². The van der Waals surface area contributed by atoms with Crippen LogP contribution in [-0.2, 0) is 5.41 Å². The van der Waals surface area contributed by atoms with E-state index in [-0.39, 0.29) is 11.3 Å². The SMILES string of the molecule is CC1Sc2ccc(C(C)(C)C)cc2C(=O)C1C. The van der Waals surface area contributed by atoms with Gasteiger partial charge in [0.1, 0.15) is 0 Å². The van der Waals surface area contributed by atoms with Gasteiger partial charge in [-0.25, -0.2) is 0 Å². The summed E-state index contributed by atoms with van der Waals surface area (Å²) in [4.78, 5) is 13.4. The minimum Gasteiger partial charge on any atom is -0.294 e. The van der Waals surface area contributed by atoms with Crippen LogP contribution >= 0.6 is 11.8 Å². The van der Waals surface area contributed by atoms with Crippen LogP contribution in [0.4, 0.5) is 0 Å². The Kier molecular flexibility index (Phi) is 3.11. The highest BCUT2D eigenvalue weighted by Crippen LogP contribution is 2.39. The fraction of sp³-hybridized carbons (Fsp3) is 0.533. The summed E-state index contributed by atoms with van der Waals surface area (Å²) in [6.45, 7) is 10.7. The molecule has 0 aliphatic carbocycles. The van der Waals surface area contributed by atoms with Crippen molar-refractivity contribution in [3.05, 3.63) is 29.3 Å². The summed E-state index contributed by atoms with van der Waals surface area (Å²) in [5.41, 5.74) is 2.27. The van der Waals surface area contributed by atoms with Crippen molar-refractivity contribution in [2.75, 3.05) is 0 Å². The number of carbonyl (C=O) groups excluding carboxylic acids is 1. The first kappa shape index (κ1) is 12.7. The fourth-order valence-electron chi connectivity index (χ4n) is 2.05. The van der Waals surface area contributed by atoms with Gasteiger partial charge in [0.15, 0.2) is 5.78 Å². The largest absolute Gasteiger partial charge is 0.294 e. The number of ketones is 1. The number of hydrogen-bond donors (Lipinski definition) is 0. The second-order valence-electron chi connectivity index (χ2n) is 5.94. The van der Waals surface area contributed by atoms with Gasteiger partial charge >= 0.3 is 0 Å². The summed E-state index contributed by atoms with van der Waals surface area (Å²) in [6.07, 6.45) is 0. The van der Waals surface area contributed by atoms with Crippen molar-refractivity contribution in [2.24, 2.45) is 5.92 Å². The third-order valence-electron chi connectivity index (χ3n) is 3.54. The Bertz CT molecular complexity index is 456. The van der Waals surface area contributed by atoms with Gasteiger partial charge in [0.25, 0.3) is 0 Å². The topological polar surface area (TPSA) is 17.1 Å². The standard InChI is InChI=1S/C15H20OS/c1-9-10(2)17-13-7-6-11(15(3,4)5)8-12(13)14(9)16/h6-10H,1-5H3. The predicted octanol–water partition coefficient (Wildman–Crippen LogP) is 4.30. The van der Waals surface area contributed by atoms with Crippen LogP contribution in [0.5, 0.6) is 0 Å². The van der Waals surface area contributed by atoms with Gasteiger partial charge in [-0.15, -0.1) is 11.8 Å². The van der Waals surface area contributed by atoms with E-state index in [1.165, 1.54) is 5.56 Å². The first-order valence-electron chi connectivity index (χ1n) is 6.16. The van der Waals surface area contributed by atoms with Gasteiger partial charge in [-0.1, -0.05) is 40.7 Å². The van der Waals surface area contributed by atoms with Crippen LogP contribution in [-0.4, -0.2) is 11.0 Å². The number of rotatable bonds is 0. The van der Waals surface area contributed by atoms with E-state index < -0.39 is 0 Å². The molecule has 1 heterocycles. The highest BCUT2D eigenvalue weighted by atomic mass is 32.2. The molecule has 1 aromatic rings. The molecular weight excluding hydrogens is 228 g/mol. The molecule has 0 amide bonds. The monoisotopic (exact) mass is 248 g/mol. The highest BCUT2D eigenvalue weighted by Gasteiger charge is 2.31. The van der Waals surface area contributed by atoms with Gasteiger partial charge in [0.05, 0.1) is 0 Å². The van der Waals surface area contributed by atoms with Crippen LogP contribution in [0.1, 0.15) is 50.5 Å². The molecule has 0 saturated carbocycles. The molecule has 2 heteroatoms. The number of hydrogen-bond acceptors (Lipinski definition) is 2. The smallest absolute Gasteiger partial charge is 0.167 e. The molecule has 1 aromatic carbocycles. The second-order valence-corrected chi connectivity index (χ2v) is 7.36. The molecule has 2 unspecified atom stereocenters. The van der Waals surface area contributed by atoms with Crippen LogP contribution in [0, 0.1) is 5.92 Å². The van der Waals surface area contributed by atoms with E-state index in [0.29, 0.717) is 11.0 Å². The molecule has 2 rings (SSSR count). The van der Waals surface area contributed by atoms with Crippen LogP contribution in [0.2, 0.25) is 0 Å². The normalized spacial score (nSPS) is 24.6. The van der Waals surface area contributed by atoms with Gasteiger partial charge < -0.3 is 0 Å². The first-order chi connectivity index (χ1) is 7.80. The number of Topliss-reactive ketones (excluding diaryl/α,β-unsaturated/α-hetero) is 1. The Morgan fingerprint density at radius 3 is 2.41 bits per heavy atom. The van der Waals surface area contributed by atoms with Crippen LogP contribution in [0.25, 0.3) is 0 Å². The van der Waals surface area contributed by atoms with E-state index >= 15 is 0 Å². The van der Waals surface area contributed by atoms with Crippen molar-refractivity contribution >= 4 is 17.5 Å². The number of fused-ring (bicyclic) bond motifs is 1. The van der Waals surface area contributed by atoms with Crippen molar-refractivity contribution in [2.45, 2.75) is 50.2 Å². The zero-order valence-corrected chi connectivity index (χ0v) is 12.0. The fourth-order valence-corrected chi connectivity index (χ4v) is 3.21. The summed E-state index contributed by atoms with van der Waals surface area (Å²) >= 11 is 1.82. The summed E-state index contributed by atoms with van der Waals surface area (Å²) in [5, 5.41) is 0.385. The van der Waals surface area contributed by atoms with E-state index in [9.17, 15) is 4.79 Å². The van der Waals surface area contributed by atoms with Crippen LogP contribution in [0.3, 0.4) is 0 Å². The lowest BCUT2D eigenvalue weighted by Gasteiger charge is -2.28. The summed E-state index contributed by atoms with van der Waals surface area (Å²) in [7, 11) is 0. The van der Waals surface area contributed by atoms with Crippen molar-refractivity contribution in [3.8, 4) is 0 Å². The first-order valence-corrected chi connectivity index (χ1v) is 7.04. The molecule has 92 valence electrons. The Labute approximate surface area is 108 Å². The van der Waals surface area contributed by atoms with Crippen LogP contribution < -0.4 is 0 Å². The number of carbonyl (C=O) groups is 1. The van der Waals surface area contributed by atoms with Gasteiger partial charge in [-0.2, -0.15) is 0 Å². The minimum atomic E-state index is 0.103. The maximum Gasteiger partial charge on any atom is 0.167 e. The molecule has 2 atom stereocenters. The maximum atomic E-state index is 12.3. The molecule has 1 aliphatic heterocycles. The van der Waals surface area contributed by atoms with E-state index in [1.54, 1.807) is 0 Å². The molecule has 0 bridgehead atoms. The Balaban J connectivity index is 2.50. The Morgan fingerprint density at radius 2 is 1.82 bits per heavy atom. The molecule has 1 aliphatic rings. The van der Waals surface area contributed by atoms with Gasteiger partial charge in [0, 0.05) is 21.6 Å². The highest BCUT2D eigenvalue weighted by molar-refractivity contribution is 8.00. The lowest BCUT2D eigenvalue weighted by molar-refractivity contribution is 0.0924. The third-order valence-corrected chi connectivity index (χ3v) is 4.93. The van der Waals surface area contributed by atoms with Crippen molar-refractivity contribution < 1.29 is 4.79 Å². The Hall–Kier alpha value is -0.760. The Morgan fingerprint density at radius 1 is 1.18 bits per heavy atom. The average Bonchev–Trinajstić information content (AvgIpc) is 2.24. The summed E-state index contributed by atoms with van der Waals surface area (Å²) in [5.74, 6) is 0.431. The molecule has 0 aromatic heterocycles. The molecule has 1 nitrogen and oxygen atoms in total. The van der Waals surface area contributed by atoms with Gasteiger partial charge in [-0.3, -0.25) is 4.79 Å². The minimum absolute atomic E-state index is 0.103. The van der Waals surface area contributed by atoms with Gasteiger partial charge in [-0.05, 0) is 23.1 Å². The zero-order chi connectivity index (χ0) is 12.8. The lowest BCUT2D eigenvalue weighted by Crippen LogP contribution is -2.26. The number of benzene rings is 1. The third kappa shape index (κ3) is 2.28. The zero-order valence-electron chi connectivity index (χ0n) is 11.2. The lowest BCUT2D eigenvalue weighted by atomic mass is 9.84. The second kappa shape index (κ2) is 4.16. The van der Waals surface area contributed by atoms with Gasteiger partial charge in [0.2, 0.25) is 0 Å². The summed E-state index contributed by atoms with van der Waals surface area (Å²) in [6, 6.07) is 6.36. The molecule has 0 saturated heterocycles. The molecule has 0 N–H and O–H groups in total. The quantitative estimate of drug-likeness (QED) is 0.681. The van der Waals surface area contributed by atoms with E-state index in [4.69, 9.17) is 0 Å². The average molecular weight is 248 g/mol. The predicted molar refractivity (Wildman–Crippen MR) is 74.0 cm³/mol. The van der Waals surface area contributed by atoms with Crippen LogP contribution in [0.15, 0.2) is 23.1 Å². The number of thioether (sulfide) groups is 1. The van der Waals surface area contributed by atoms with Crippen molar-refractivity contribution in [1.29, 1.82) is 0 Å².